The maximum Gasteiger partial charge on any atom is 0.183 e. The molecule has 0 bridgehead atoms. The number of nitrogen functional groups attached to an aromatic ring is 2. The molecule has 0 saturated heterocycles. The molecule has 0 aromatic heterocycles. The van der Waals surface area contributed by atoms with E-state index < -0.39 is 0 Å². The normalized spacial score (nSPS) is 14.8. The van der Waals surface area contributed by atoms with Crippen molar-refractivity contribution in [3.8, 4) is 0 Å². The van der Waals surface area contributed by atoms with E-state index in [0.717, 1.165) is 31.9 Å². The molecular weight excluding hydrogens is 190 g/mol. The van der Waals surface area contributed by atoms with Crippen molar-refractivity contribution in [1.29, 1.82) is 0 Å². The van der Waals surface area contributed by atoms with Gasteiger partial charge in [0.15, 0.2) is 5.90 Å². The van der Waals surface area contributed by atoms with Gasteiger partial charge in [-0.3, -0.25) is 4.99 Å². The van der Waals surface area contributed by atoms with Crippen LogP contribution in [0.4, 0.5) is 11.4 Å². The molecule has 15 heavy (non-hydrogen) atoms. The molecule has 0 unspecified atom stereocenters. The average molecular weight is 205 g/mol. The Morgan fingerprint density at radius 2 is 2.07 bits per heavy atom. The highest BCUT2D eigenvalue weighted by Crippen LogP contribution is 2.17. The summed E-state index contributed by atoms with van der Waals surface area (Å²) in [6.07, 6.45) is 1.73. The third-order valence-electron chi connectivity index (χ3n) is 2.43. The lowest BCUT2D eigenvalue weighted by Gasteiger charge is -2.05. The van der Waals surface area contributed by atoms with Gasteiger partial charge in [0.1, 0.15) is 6.61 Å². The van der Waals surface area contributed by atoms with Crippen molar-refractivity contribution < 1.29 is 4.74 Å². The first-order chi connectivity index (χ1) is 7.25. The molecule has 0 fully saturated rings. The van der Waals surface area contributed by atoms with Crippen molar-refractivity contribution >= 4 is 17.3 Å². The Hall–Kier alpha value is -1.71. The Labute approximate surface area is 88.9 Å². The van der Waals surface area contributed by atoms with Gasteiger partial charge < -0.3 is 16.2 Å². The number of aliphatic imine (C=N–C) groups is 1. The van der Waals surface area contributed by atoms with E-state index in [0.29, 0.717) is 11.4 Å². The Morgan fingerprint density at radius 3 is 2.73 bits per heavy atom. The minimum Gasteiger partial charge on any atom is -0.479 e. The van der Waals surface area contributed by atoms with Crippen LogP contribution in [0.3, 0.4) is 0 Å². The molecule has 1 aromatic carbocycles. The topological polar surface area (TPSA) is 73.6 Å². The van der Waals surface area contributed by atoms with Crippen LogP contribution in [0, 0.1) is 0 Å². The lowest BCUT2D eigenvalue weighted by molar-refractivity contribution is 0.338. The van der Waals surface area contributed by atoms with Gasteiger partial charge in [0.2, 0.25) is 0 Å². The molecule has 4 nitrogen and oxygen atoms in total. The van der Waals surface area contributed by atoms with Gasteiger partial charge in [-0.1, -0.05) is 6.07 Å². The molecule has 4 heteroatoms. The lowest BCUT2D eigenvalue weighted by Crippen LogP contribution is -2.02. The number of aryl methyl sites for hydroxylation is 1. The zero-order valence-electron chi connectivity index (χ0n) is 8.57. The number of hydrogen-bond donors (Lipinski definition) is 2. The van der Waals surface area contributed by atoms with Crippen LogP contribution in [0.2, 0.25) is 0 Å². The smallest absolute Gasteiger partial charge is 0.183 e. The van der Waals surface area contributed by atoms with Crippen molar-refractivity contribution in [3.63, 3.8) is 0 Å². The quantitative estimate of drug-likeness (QED) is 0.728. The van der Waals surface area contributed by atoms with E-state index in [-0.39, 0.29) is 0 Å². The Balaban J connectivity index is 1.96. The third-order valence-corrected chi connectivity index (χ3v) is 2.43. The average Bonchev–Trinajstić information content (AvgIpc) is 2.73. The second-order valence-electron chi connectivity index (χ2n) is 3.59. The van der Waals surface area contributed by atoms with Crippen LogP contribution in [0.15, 0.2) is 23.2 Å². The van der Waals surface area contributed by atoms with E-state index in [4.69, 9.17) is 16.2 Å². The zero-order chi connectivity index (χ0) is 10.7. The molecule has 0 radical (unpaired) electrons. The first kappa shape index (κ1) is 9.83. The van der Waals surface area contributed by atoms with Crippen LogP contribution < -0.4 is 11.5 Å². The lowest BCUT2D eigenvalue weighted by atomic mass is 10.1. The second kappa shape index (κ2) is 4.21. The molecule has 1 aliphatic heterocycles. The number of nitrogens with zero attached hydrogens (tertiary/aromatic N) is 1. The van der Waals surface area contributed by atoms with E-state index in [1.165, 1.54) is 5.56 Å². The Morgan fingerprint density at radius 1 is 1.20 bits per heavy atom. The van der Waals surface area contributed by atoms with Gasteiger partial charge in [-0.15, -0.1) is 0 Å². The fraction of sp³-hybridized carbons (Fsp3) is 0.364. The maximum atomic E-state index is 5.72. The van der Waals surface area contributed by atoms with Crippen molar-refractivity contribution in [3.05, 3.63) is 23.8 Å². The van der Waals surface area contributed by atoms with Crippen LogP contribution in [0.25, 0.3) is 0 Å². The van der Waals surface area contributed by atoms with E-state index in [1.54, 1.807) is 0 Å². The van der Waals surface area contributed by atoms with E-state index in [2.05, 4.69) is 4.99 Å². The molecule has 1 aliphatic rings. The largest absolute Gasteiger partial charge is 0.479 e. The van der Waals surface area contributed by atoms with Gasteiger partial charge in [0.05, 0.1) is 17.9 Å². The molecule has 2 rings (SSSR count). The van der Waals surface area contributed by atoms with Crippen LogP contribution in [0.1, 0.15) is 12.0 Å². The highest BCUT2D eigenvalue weighted by molar-refractivity contribution is 5.77. The standard InChI is InChI=1S/C11H15N3O/c12-9-3-1-8(7-10(9)13)2-4-11-14-5-6-15-11/h1,3,7H,2,4-6,12-13H2. The summed E-state index contributed by atoms with van der Waals surface area (Å²) in [5.41, 5.74) is 13.8. The summed E-state index contributed by atoms with van der Waals surface area (Å²) in [6, 6.07) is 5.73. The molecule has 0 saturated carbocycles. The first-order valence-electron chi connectivity index (χ1n) is 5.06. The number of hydrogen-bond acceptors (Lipinski definition) is 4. The molecule has 0 aliphatic carbocycles. The fourth-order valence-corrected chi connectivity index (χ4v) is 1.56. The van der Waals surface area contributed by atoms with Crippen molar-refractivity contribution in [2.45, 2.75) is 12.8 Å². The summed E-state index contributed by atoms with van der Waals surface area (Å²) in [5, 5.41) is 0. The summed E-state index contributed by atoms with van der Waals surface area (Å²) in [5.74, 6) is 0.852. The second-order valence-corrected chi connectivity index (χ2v) is 3.59. The molecule has 0 amide bonds. The monoisotopic (exact) mass is 205 g/mol. The SMILES string of the molecule is Nc1ccc(CCC2=NCCO2)cc1N. The van der Waals surface area contributed by atoms with Gasteiger partial charge in [-0.25, -0.2) is 0 Å². The van der Waals surface area contributed by atoms with Gasteiger partial charge in [0, 0.05) is 6.42 Å². The summed E-state index contributed by atoms with van der Waals surface area (Å²) >= 11 is 0. The number of anilines is 2. The highest BCUT2D eigenvalue weighted by Gasteiger charge is 2.07. The van der Waals surface area contributed by atoms with Gasteiger partial charge in [-0.2, -0.15) is 0 Å². The molecular formula is C11H15N3O. The molecule has 0 atom stereocenters. The van der Waals surface area contributed by atoms with Crippen molar-refractivity contribution in [2.75, 3.05) is 24.6 Å². The predicted molar refractivity (Wildman–Crippen MR) is 61.8 cm³/mol. The van der Waals surface area contributed by atoms with Crippen LogP contribution in [-0.4, -0.2) is 19.0 Å². The zero-order valence-corrected chi connectivity index (χ0v) is 8.57. The van der Waals surface area contributed by atoms with Crippen LogP contribution in [0.5, 0.6) is 0 Å². The summed E-state index contributed by atoms with van der Waals surface area (Å²) in [4.78, 5) is 4.23. The van der Waals surface area contributed by atoms with Crippen molar-refractivity contribution in [2.24, 2.45) is 4.99 Å². The summed E-state index contributed by atoms with van der Waals surface area (Å²) < 4.78 is 5.32. The number of rotatable bonds is 3. The van der Waals surface area contributed by atoms with Crippen LogP contribution in [-0.2, 0) is 11.2 Å². The maximum absolute atomic E-state index is 5.72. The number of nitrogens with two attached hydrogens (primary N) is 2. The first-order valence-corrected chi connectivity index (χ1v) is 5.06. The van der Waals surface area contributed by atoms with Gasteiger partial charge >= 0.3 is 0 Å². The number of benzene rings is 1. The van der Waals surface area contributed by atoms with E-state index in [9.17, 15) is 0 Å². The number of ether oxygens (including phenoxy) is 1. The van der Waals surface area contributed by atoms with E-state index >= 15 is 0 Å². The van der Waals surface area contributed by atoms with Gasteiger partial charge in [-0.05, 0) is 24.1 Å². The molecule has 0 spiro atoms. The van der Waals surface area contributed by atoms with E-state index in [1.807, 2.05) is 18.2 Å². The molecule has 1 heterocycles. The third kappa shape index (κ3) is 2.40. The van der Waals surface area contributed by atoms with Gasteiger partial charge in [0.25, 0.3) is 0 Å². The molecule has 4 N–H and O–H groups in total. The predicted octanol–water partition coefficient (Wildman–Crippen LogP) is 1.21. The fourth-order valence-electron chi connectivity index (χ4n) is 1.56. The summed E-state index contributed by atoms with van der Waals surface area (Å²) in [6.45, 7) is 1.51. The molecule has 1 aromatic rings. The summed E-state index contributed by atoms with van der Waals surface area (Å²) in [7, 11) is 0. The highest BCUT2D eigenvalue weighted by atomic mass is 16.5. The molecule has 80 valence electrons. The minimum absolute atomic E-state index is 0.633. The van der Waals surface area contributed by atoms with Crippen LogP contribution >= 0.6 is 0 Å². The Bertz CT molecular complexity index is 387. The minimum atomic E-state index is 0.633. The Kier molecular flexibility index (Phi) is 2.76. The van der Waals surface area contributed by atoms with Crippen molar-refractivity contribution in [1.82, 2.24) is 0 Å².